The van der Waals surface area contributed by atoms with E-state index in [2.05, 4.69) is 25.9 Å². The second-order valence-corrected chi connectivity index (χ2v) is 9.50. The van der Waals surface area contributed by atoms with Gasteiger partial charge in [-0.25, -0.2) is 14.3 Å². The summed E-state index contributed by atoms with van der Waals surface area (Å²) < 4.78 is 9.15. The van der Waals surface area contributed by atoms with Crippen molar-refractivity contribution in [2.24, 2.45) is 7.05 Å². The molecule has 1 aliphatic heterocycles. The van der Waals surface area contributed by atoms with Gasteiger partial charge in [-0.2, -0.15) is 10.2 Å². The van der Waals surface area contributed by atoms with Gasteiger partial charge in [-0.05, 0) is 18.9 Å². The summed E-state index contributed by atoms with van der Waals surface area (Å²) in [6.45, 7) is 7.86. The van der Waals surface area contributed by atoms with Gasteiger partial charge in [0, 0.05) is 37.3 Å². The van der Waals surface area contributed by atoms with Crippen LogP contribution < -0.4 is 0 Å². The molecule has 0 spiro atoms. The fraction of sp³-hybridized carbons (Fsp3) is 0.524. The van der Waals surface area contributed by atoms with Crippen molar-refractivity contribution in [2.75, 3.05) is 13.1 Å². The Labute approximate surface area is 180 Å². The van der Waals surface area contributed by atoms with Crippen LogP contribution in [-0.2, 0) is 16.6 Å². The minimum absolute atomic E-state index is 0.106. The fourth-order valence-electron chi connectivity index (χ4n) is 3.47. The molecule has 4 heterocycles. The molecule has 30 heavy (non-hydrogen) atoms. The lowest BCUT2D eigenvalue weighted by Gasteiger charge is -2.18. The number of hydrogen-bond acceptors (Lipinski definition) is 6. The SMILES string of the molecule is Cn1cc(-c2cn3nc(C(C)(C)C)cc3c(SOC(=O)N3CCCCCC3)n2)cn1. The summed E-state index contributed by atoms with van der Waals surface area (Å²) in [7, 11) is 1.87. The fourth-order valence-corrected chi connectivity index (χ4v) is 4.09. The van der Waals surface area contributed by atoms with Crippen LogP contribution in [0.25, 0.3) is 16.8 Å². The molecule has 0 bridgehead atoms. The largest absolute Gasteiger partial charge is 0.422 e. The maximum absolute atomic E-state index is 12.6. The Morgan fingerprint density at radius 3 is 2.50 bits per heavy atom. The van der Waals surface area contributed by atoms with Gasteiger partial charge < -0.3 is 9.08 Å². The molecule has 1 aliphatic rings. The molecule has 8 nitrogen and oxygen atoms in total. The Morgan fingerprint density at radius 1 is 1.13 bits per heavy atom. The Kier molecular flexibility index (Phi) is 5.73. The topological polar surface area (TPSA) is 77.5 Å². The monoisotopic (exact) mass is 428 g/mol. The zero-order valence-electron chi connectivity index (χ0n) is 18.0. The standard InChI is InChI=1S/C21H28N6O2S/c1-21(2,3)18-11-17-19(30-29-20(28)26-9-7-5-6-8-10-26)23-16(14-27(17)24-18)15-12-22-25(4)13-15/h11-14H,5-10H2,1-4H3. The molecule has 4 rings (SSSR count). The summed E-state index contributed by atoms with van der Waals surface area (Å²) >= 11 is 1.01. The molecule has 0 radical (unpaired) electrons. The van der Waals surface area contributed by atoms with E-state index in [0.717, 1.165) is 73.3 Å². The molecule has 0 N–H and O–H groups in total. The first-order valence-electron chi connectivity index (χ1n) is 10.3. The number of rotatable bonds is 3. The lowest BCUT2D eigenvalue weighted by molar-refractivity contribution is 0.162. The van der Waals surface area contributed by atoms with E-state index in [4.69, 9.17) is 14.3 Å². The molecule has 0 aromatic carbocycles. The molecule has 1 fully saturated rings. The molecular formula is C21H28N6O2S. The van der Waals surface area contributed by atoms with Gasteiger partial charge in [0.25, 0.3) is 0 Å². The summed E-state index contributed by atoms with van der Waals surface area (Å²) in [4.78, 5) is 19.2. The Bertz CT molecular complexity index is 1040. The van der Waals surface area contributed by atoms with E-state index >= 15 is 0 Å². The van der Waals surface area contributed by atoms with Crippen molar-refractivity contribution in [1.82, 2.24) is 29.3 Å². The second kappa shape index (κ2) is 8.29. The highest BCUT2D eigenvalue weighted by atomic mass is 32.2. The highest BCUT2D eigenvalue weighted by molar-refractivity contribution is 7.95. The highest BCUT2D eigenvalue weighted by Crippen LogP contribution is 2.31. The molecular weight excluding hydrogens is 400 g/mol. The predicted molar refractivity (Wildman–Crippen MR) is 116 cm³/mol. The lowest BCUT2D eigenvalue weighted by Crippen LogP contribution is -2.31. The van der Waals surface area contributed by atoms with E-state index in [-0.39, 0.29) is 11.5 Å². The van der Waals surface area contributed by atoms with Crippen molar-refractivity contribution in [3.8, 4) is 11.3 Å². The Morgan fingerprint density at radius 2 is 1.87 bits per heavy atom. The molecule has 3 aromatic rings. The van der Waals surface area contributed by atoms with Crippen LogP contribution in [0, 0.1) is 0 Å². The third-order valence-corrected chi connectivity index (χ3v) is 5.93. The third-order valence-electron chi connectivity index (χ3n) is 5.25. The number of amides is 1. The summed E-state index contributed by atoms with van der Waals surface area (Å²) in [6.07, 6.45) is 9.63. The van der Waals surface area contributed by atoms with Gasteiger partial charge >= 0.3 is 6.09 Å². The molecule has 0 saturated carbocycles. The van der Waals surface area contributed by atoms with Crippen LogP contribution in [0.15, 0.2) is 29.7 Å². The summed E-state index contributed by atoms with van der Waals surface area (Å²) in [6, 6.07) is 2.02. The molecule has 160 valence electrons. The van der Waals surface area contributed by atoms with Crippen LogP contribution >= 0.6 is 12.0 Å². The van der Waals surface area contributed by atoms with E-state index in [1.165, 1.54) is 0 Å². The van der Waals surface area contributed by atoms with Gasteiger partial charge in [-0.3, -0.25) is 4.68 Å². The third kappa shape index (κ3) is 4.45. The number of nitrogens with zero attached hydrogens (tertiary/aromatic N) is 6. The highest BCUT2D eigenvalue weighted by Gasteiger charge is 2.23. The van der Waals surface area contributed by atoms with Crippen LogP contribution in [0.4, 0.5) is 4.79 Å². The molecule has 0 atom stereocenters. The summed E-state index contributed by atoms with van der Waals surface area (Å²) in [5.74, 6) is 0. The average Bonchev–Trinajstić information content (AvgIpc) is 3.23. The van der Waals surface area contributed by atoms with Crippen molar-refractivity contribution in [1.29, 1.82) is 0 Å². The van der Waals surface area contributed by atoms with E-state index in [0.29, 0.717) is 5.03 Å². The maximum atomic E-state index is 12.6. The summed E-state index contributed by atoms with van der Waals surface area (Å²) in [5.41, 5.74) is 3.28. The first kappa shape index (κ1) is 20.7. The van der Waals surface area contributed by atoms with E-state index in [1.54, 1.807) is 15.8 Å². The van der Waals surface area contributed by atoms with Crippen LogP contribution in [0.1, 0.15) is 52.1 Å². The van der Waals surface area contributed by atoms with Crippen LogP contribution in [0.3, 0.4) is 0 Å². The van der Waals surface area contributed by atoms with Crippen molar-refractivity contribution in [2.45, 2.75) is 56.9 Å². The van der Waals surface area contributed by atoms with E-state index < -0.39 is 0 Å². The quantitative estimate of drug-likeness (QED) is 0.574. The van der Waals surface area contributed by atoms with Crippen molar-refractivity contribution in [3.63, 3.8) is 0 Å². The Hall–Kier alpha value is -2.55. The maximum Gasteiger partial charge on any atom is 0.422 e. The molecule has 0 aliphatic carbocycles. The van der Waals surface area contributed by atoms with Gasteiger partial charge in [0.2, 0.25) is 0 Å². The number of carbonyl (C=O) groups is 1. The molecule has 1 saturated heterocycles. The molecule has 9 heteroatoms. The second-order valence-electron chi connectivity index (χ2n) is 8.78. The normalized spacial score (nSPS) is 15.4. The van der Waals surface area contributed by atoms with Gasteiger partial charge in [-0.1, -0.05) is 33.6 Å². The number of aromatic nitrogens is 5. The van der Waals surface area contributed by atoms with Gasteiger partial charge in [0.15, 0.2) is 5.03 Å². The van der Waals surface area contributed by atoms with Gasteiger partial charge in [0.05, 0.1) is 23.8 Å². The van der Waals surface area contributed by atoms with E-state index in [9.17, 15) is 4.79 Å². The lowest BCUT2D eigenvalue weighted by atomic mass is 9.92. The van der Waals surface area contributed by atoms with Gasteiger partial charge in [0.1, 0.15) is 17.6 Å². The number of likely N-dealkylation sites (tertiary alicyclic amines) is 1. The zero-order valence-corrected chi connectivity index (χ0v) is 18.8. The van der Waals surface area contributed by atoms with Gasteiger partial charge in [-0.15, -0.1) is 0 Å². The van der Waals surface area contributed by atoms with Crippen molar-refractivity contribution < 1.29 is 8.98 Å². The number of hydrogen-bond donors (Lipinski definition) is 0. The number of carbonyl (C=O) groups excluding carboxylic acids is 1. The van der Waals surface area contributed by atoms with Crippen LogP contribution in [0.5, 0.6) is 0 Å². The number of aryl methyl sites for hydroxylation is 1. The van der Waals surface area contributed by atoms with E-state index in [1.807, 2.05) is 30.0 Å². The molecule has 0 unspecified atom stereocenters. The van der Waals surface area contributed by atoms with Crippen LogP contribution in [0.2, 0.25) is 0 Å². The summed E-state index contributed by atoms with van der Waals surface area (Å²) in [5, 5.41) is 9.61. The van der Waals surface area contributed by atoms with Crippen LogP contribution in [-0.4, -0.2) is 48.5 Å². The minimum Gasteiger partial charge on any atom is -0.368 e. The molecule has 3 aromatic heterocycles. The first-order chi connectivity index (χ1) is 14.3. The average molecular weight is 429 g/mol. The predicted octanol–water partition coefficient (Wildman–Crippen LogP) is 4.45. The van der Waals surface area contributed by atoms with Crippen molar-refractivity contribution in [3.05, 3.63) is 30.4 Å². The minimum atomic E-state index is -0.302. The van der Waals surface area contributed by atoms with Crippen molar-refractivity contribution >= 4 is 23.7 Å². The molecule has 1 amide bonds. The zero-order chi connectivity index (χ0) is 21.3. The number of fused-ring (bicyclic) bond motifs is 1. The Balaban J connectivity index is 1.65. The smallest absolute Gasteiger partial charge is 0.368 e. The first-order valence-corrected chi connectivity index (χ1v) is 11.1.